The molecule has 0 aromatic carbocycles. The summed E-state index contributed by atoms with van der Waals surface area (Å²) in [6.07, 6.45) is 12.5. The molecule has 0 aliphatic heterocycles. The number of nitrogens with zero attached hydrogens (tertiary/aromatic N) is 1. The fourth-order valence-corrected chi connectivity index (χ4v) is 1.11. The van der Waals surface area contributed by atoms with E-state index >= 15 is 0 Å². The quantitative estimate of drug-likeness (QED) is 0.548. The summed E-state index contributed by atoms with van der Waals surface area (Å²) in [5.41, 5.74) is 0. The molecule has 0 aliphatic rings. The molecule has 0 atom stereocenters. The monoisotopic (exact) mass is 187 g/mol. The molecule has 2 heteroatoms. The molecule has 12 heavy (non-hydrogen) atoms. The van der Waals surface area contributed by atoms with Crippen LogP contribution >= 0.6 is 0 Å². The van der Waals surface area contributed by atoms with Crippen LogP contribution < -0.4 is 12.4 Å². The molecule has 0 unspecified atom stereocenters. The largest absolute Gasteiger partial charge is 1.00 e. The molecule has 0 saturated carbocycles. The normalized spacial score (nSPS) is 17.0. The predicted octanol–water partition coefficient (Wildman–Crippen LogP) is 0.0378. The summed E-state index contributed by atoms with van der Waals surface area (Å²) in [6, 6.07) is 0. The van der Waals surface area contributed by atoms with Crippen LogP contribution in [-0.4, -0.2) is 11.5 Å². The molecule has 0 aliphatic carbocycles. The Balaban J connectivity index is 0. The van der Waals surface area contributed by atoms with E-state index in [9.17, 15) is 0 Å². The van der Waals surface area contributed by atoms with Gasteiger partial charge in [-0.15, -0.1) is 0 Å². The van der Waals surface area contributed by atoms with E-state index in [1.54, 1.807) is 0 Å². The summed E-state index contributed by atoms with van der Waals surface area (Å²) in [5, 5.41) is 0. The highest BCUT2D eigenvalue weighted by atomic mass is 35.5. The van der Waals surface area contributed by atoms with Gasteiger partial charge in [-0.05, 0) is 39.0 Å². The molecule has 0 N–H and O–H groups in total. The second-order valence-electron chi connectivity index (χ2n) is 2.67. The maximum atomic E-state index is 2.12. The minimum Gasteiger partial charge on any atom is -1.00 e. The van der Waals surface area contributed by atoms with E-state index in [1.807, 2.05) is 20.8 Å². The maximum absolute atomic E-state index is 2.12. The van der Waals surface area contributed by atoms with Crippen molar-refractivity contribution in [1.82, 2.24) is 0 Å². The van der Waals surface area contributed by atoms with Crippen LogP contribution in [0.2, 0.25) is 0 Å². The van der Waals surface area contributed by atoms with E-state index in [4.69, 9.17) is 0 Å². The first-order valence-electron chi connectivity index (χ1n) is 3.95. The first-order chi connectivity index (χ1) is 5.18. The average molecular weight is 188 g/mol. The van der Waals surface area contributed by atoms with Crippen molar-refractivity contribution < 1.29 is 16.9 Å². The van der Waals surface area contributed by atoms with Gasteiger partial charge in [0, 0.05) is 0 Å². The highest BCUT2D eigenvalue weighted by Gasteiger charge is 2.07. The van der Waals surface area contributed by atoms with E-state index < -0.39 is 0 Å². The van der Waals surface area contributed by atoms with Gasteiger partial charge < -0.3 is 12.4 Å². The Labute approximate surface area is 82.1 Å². The van der Waals surface area contributed by atoms with Crippen molar-refractivity contribution in [2.45, 2.75) is 20.8 Å². The highest BCUT2D eigenvalue weighted by molar-refractivity contribution is 4.83. The van der Waals surface area contributed by atoms with Crippen molar-refractivity contribution in [3.8, 4) is 0 Å². The third-order valence-corrected chi connectivity index (χ3v) is 1.41. The first-order valence-corrected chi connectivity index (χ1v) is 3.95. The Kier molecular flexibility index (Phi) is 8.34. The molecule has 0 rings (SSSR count). The van der Waals surface area contributed by atoms with Crippen molar-refractivity contribution in [3.05, 3.63) is 36.8 Å². The molecule has 0 bridgehead atoms. The number of hydrogen-bond acceptors (Lipinski definition) is 0. The van der Waals surface area contributed by atoms with Crippen molar-refractivity contribution >= 4 is 0 Å². The number of quaternary nitrogens is 1. The lowest BCUT2D eigenvalue weighted by Crippen LogP contribution is -3.00. The summed E-state index contributed by atoms with van der Waals surface area (Å²) in [6.45, 7) is 6.09. The van der Waals surface area contributed by atoms with Crippen LogP contribution in [0.1, 0.15) is 20.8 Å². The topological polar surface area (TPSA) is 0 Å². The average Bonchev–Trinajstić information content (AvgIpc) is 1.88. The SMILES string of the molecule is CC=C[N+](C)(C=CC)C=CC.[Cl-]. The molecule has 0 fully saturated rings. The highest BCUT2D eigenvalue weighted by Crippen LogP contribution is 2.06. The molecule has 0 aromatic rings. The molecular formula is C10H18ClN. The zero-order valence-corrected chi connectivity index (χ0v) is 9.05. The molecule has 0 amide bonds. The standard InChI is InChI=1S/C10H18N.ClH/c1-5-8-11(4,9-6-2)10-7-3;/h5-10H,1-4H3;1H/q+1;/p-1. The van der Waals surface area contributed by atoms with E-state index in [2.05, 4.69) is 43.9 Å². The first kappa shape index (κ1) is 14.0. The summed E-state index contributed by atoms with van der Waals surface area (Å²) in [7, 11) is 2.12. The predicted molar refractivity (Wildman–Crippen MR) is 50.6 cm³/mol. The summed E-state index contributed by atoms with van der Waals surface area (Å²) in [5.74, 6) is 0. The second kappa shape index (κ2) is 7.14. The van der Waals surface area contributed by atoms with Gasteiger partial charge in [0.25, 0.3) is 0 Å². The van der Waals surface area contributed by atoms with Gasteiger partial charge in [0.1, 0.15) is 18.6 Å². The molecule has 0 radical (unpaired) electrons. The van der Waals surface area contributed by atoms with Gasteiger partial charge in [-0.3, -0.25) is 0 Å². The van der Waals surface area contributed by atoms with E-state index in [1.165, 1.54) is 0 Å². The molecule has 0 saturated heterocycles. The van der Waals surface area contributed by atoms with Gasteiger partial charge >= 0.3 is 0 Å². The fraction of sp³-hybridized carbons (Fsp3) is 0.400. The molecule has 0 heterocycles. The van der Waals surface area contributed by atoms with Gasteiger partial charge in [0.15, 0.2) is 0 Å². The van der Waals surface area contributed by atoms with Gasteiger partial charge in [-0.25, -0.2) is 4.48 Å². The summed E-state index contributed by atoms with van der Waals surface area (Å²) in [4.78, 5) is 0. The zero-order chi connectivity index (χ0) is 8.74. The van der Waals surface area contributed by atoms with Crippen LogP contribution in [0.5, 0.6) is 0 Å². The van der Waals surface area contributed by atoms with Crippen LogP contribution in [0.4, 0.5) is 0 Å². The minimum atomic E-state index is 0. The van der Waals surface area contributed by atoms with Crippen LogP contribution in [0.15, 0.2) is 36.8 Å². The van der Waals surface area contributed by atoms with Crippen molar-refractivity contribution in [2.24, 2.45) is 0 Å². The van der Waals surface area contributed by atoms with Gasteiger partial charge in [0.2, 0.25) is 0 Å². The maximum Gasteiger partial charge on any atom is 0.100 e. The third kappa shape index (κ3) is 5.16. The fourth-order valence-electron chi connectivity index (χ4n) is 1.11. The Morgan fingerprint density at radius 1 is 0.750 bits per heavy atom. The van der Waals surface area contributed by atoms with Crippen LogP contribution in [-0.2, 0) is 0 Å². The van der Waals surface area contributed by atoms with E-state index in [0.29, 0.717) is 0 Å². The summed E-state index contributed by atoms with van der Waals surface area (Å²) >= 11 is 0. The molecule has 1 nitrogen and oxygen atoms in total. The molecule has 70 valence electrons. The van der Waals surface area contributed by atoms with E-state index in [-0.39, 0.29) is 12.4 Å². The molecular weight excluding hydrogens is 170 g/mol. The molecule has 0 spiro atoms. The van der Waals surface area contributed by atoms with Crippen LogP contribution in [0.25, 0.3) is 0 Å². The van der Waals surface area contributed by atoms with Crippen LogP contribution in [0.3, 0.4) is 0 Å². The van der Waals surface area contributed by atoms with Crippen molar-refractivity contribution in [1.29, 1.82) is 0 Å². The second-order valence-corrected chi connectivity index (χ2v) is 2.67. The van der Waals surface area contributed by atoms with Crippen molar-refractivity contribution in [3.63, 3.8) is 0 Å². The molecule has 0 aromatic heterocycles. The lowest BCUT2D eigenvalue weighted by Gasteiger charge is -2.19. The number of hydrogen-bond donors (Lipinski definition) is 0. The summed E-state index contributed by atoms with van der Waals surface area (Å²) < 4.78 is 0.740. The van der Waals surface area contributed by atoms with Gasteiger partial charge in [0.05, 0.1) is 7.05 Å². The Hall–Kier alpha value is -0.530. The van der Waals surface area contributed by atoms with E-state index in [0.717, 1.165) is 4.48 Å². The lowest BCUT2D eigenvalue weighted by atomic mass is 10.4. The third-order valence-electron chi connectivity index (χ3n) is 1.41. The van der Waals surface area contributed by atoms with Gasteiger partial charge in [-0.1, -0.05) is 0 Å². The minimum absolute atomic E-state index is 0. The lowest BCUT2D eigenvalue weighted by molar-refractivity contribution is -0.750. The Morgan fingerprint density at radius 3 is 1.17 bits per heavy atom. The Bertz CT molecular complexity index is 149. The smallest absolute Gasteiger partial charge is 0.100 e. The van der Waals surface area contributed by atoms with Crippen LogP contribution in [0, 0.1) is 0 Å². The number of halogens is 1. The van der Waals surface area contributed by atoms with Gasteiger partial charge in [-0.2, -0.15) is 0 Å². The number of rotatable bonds is 3. The zero-order valence-electron chi connectivity index (χ0n) is 8.29. The van der Waals surface area contributed by atoms with Crippen molar-refractivity contribution in [2.75, 3.05) is 7.05 Å². The number of allylic oxidation sites excluding steroid dienone is 3. The Morgan fingerprint density at radius 2 is 1.00 bits per heavy atom.